The van der Waals surface area contributed by atoms with Crippen LogP contribution in [0.1, 0.15) is 28.9 Å². The van der Waals surface area contributed by atoms with Gasteiger partial charge in [-0.15, -0.1) is 0 Å². The molecule has 4 aromatic rings. The molecule has 1 saturated carbocycles. The van der Waals surface area contributed by atoms with Gasteiger partial charge in [-0.2, -0.15) is 4.98 Å². The smallest absolute Gasteiger partial charge is 0.338 e. The molecule has 0 aromatic carbocycles. The first-order chi connectivity index (χ1) is 15.0. The second-order valence-electron chi connectivity index (χ2n) is 7.74. The third-order valence-corrected chi connectivity index (χ3v) is 6.18. The van der Waals surface area contributed by atoms with Gasteiger partial charge in [0.2, 0.25) is 5.88 Å². The highest BCUT2D eigenvalue weighted by atomic mass is 127. The Balaban J connectivity index is 1.75. The minimum atomic E-state index is -0.429. The van der Waals surface area contributed by atoms with Gasteiger partial charge in [0.25, 0.3) is 0 Å². The van der Waals surface area contributed by atoms with E-state index < -0.39 is 5.97 Å². The molecule has 0 unspecified atom stereocenters. The Morgan fingerprint density at radius 3 is 2.68 bits per heavy atom. The van der Waals surface area contributed by atoms with Gasteiger partial charge in [-0.1, -0.05) is 0 Å². The van der Waals surface area contributed by atoms with Gasteiger partial charge in [0, 0.05) is 24.1 Å². The van der Waals surface area contributed by atoms with Gasteiger partial charge in [-0.05, 0) is 43.9 Å². The zero-order chi connectivity index (χ0) is 21.7. The Hall–Kier alpha value is -2.82. The van der Waals surface area contributed by atoms with Gasteiger partial charge in [0.1, 0.15) is 17.0 Å². The molecule has 9 heteroatoms. The van der Waals surface area contributed by atoms with E-state index in [0.717, 1.165) is 34.7 Å². The third-order valence-electron chi connectivity index (χ3n) is 5.73. The Morgan fingerprint density at radius 2 is 2.00 bits per heavy atom. The van der Waals surface area contributed by atoms with E-state index in [-0.39, 0.29) is 0 Å². The number of esters is 1. The van der Waals surface area contributed by atoms with Crippen molar-refractivity contribution in [1.29, 1.82) is 0 Å². The van der Waals surface area contributed by atoms with Crippen LogP contribution < -0.4 is 7.80 Å². The molecule has 0 radical (unpaired) electrons. The van der Waals surface area contributed by atoms with Gasteiger partial charge < -0.3 is 17.1 Å². The molecule has 1 aliphatic rings. The number of carbonyl (C=O) groups excluding carboxylic acids is 1. The summed E-state index contributed by atoms with van der Waals surface area (Å²) < 4.78 is 19.9. The van der Waals surface area contributed by atoms with Crippen molar-refractivity contribution in [2.24, 2.45) is 5.92 Å². The number of rotatable bonds is 6. The Morgan fingerprint density at radius 1 is 1.19 bits per heavy atom. The van der Waals surface area contributed by atoms with Gasteiger partial charge in [-0.3, -0.25) is 4.40 Å². The summed E-state index contributed by atoms with van der Waals surface area (Å²) in [7, 11) is 2.94. The van der Waals surface area contributed by atoms with Crippen molar-refractivity contribution in [2.45, 2.75) is 26.3 Å². The molecule has 0 N–H and O–H groups in total. The summed E-state index contributed by atoms with van der Waals surface area (Å²) in [4.78, 5) is 21.7. The highest BCUT2D eigenvalue weighted by Gasteiger charge is 2.27. The first-order valence-corrected chi connectivity index (χ1v) is 10.9. The van der Waals surface area contributed by atoms with Crippen LogP contribution in [0.15, 0.2) is 30.3 Å². The molecule has 0 aliphatic heterocycles. The molecule has 4 aromatic heterocycles. The topological polar surface area (TPSA) is 79.9 Å². The molecule has 0 spiro atoms. The van der Waals surface area contributed by atoms with E-state index in [1.807, 2.05) is 46.5 Å². The van der Waals surface area contributed by atoms with E-state index >= 15 is 0 Å². The standard InChI is InChI=1S/C22H21IN4O4/c1-12-20(24-17-9-15(22(28)30-3)10-19(29-2)27(12)17)16-8-14-6-7-18(31-23)25-21(14)26(16)11-13-4-5-13/h6-10,13H,4-5,11H2,1-3H3. The molecule has 0 bridgehead atoms. The van der Waals surface area contributed by atoms with Crippen molar-refractivity contribution in [3.05, 3.63) is 41.6 Å². The van der Waals surface area contributed by atoms with Crippen LogP contribution in [-0.4, -0.2) is 39.1 Å². The number of hydrogen-bond donors (Lipinski definition) is 0. The lowest BCUT2D eigenvalue weighted by Gasteiger charge is -2.10. The summed E-state index contributed by atoms with van der Waals surface area (Å²) >= 11 is 1.85. The van der Waals surface area contributed by atoms with Crippen LogP contribution in [-0.2, 0) is 11.3 Å². The van der Waals surface area contributed by atoms with Gasteiger partial charge in [-0.25, -0.2) is 9.78 Å². The summed E-state index contributed by atoms with van der Waals surface area (Å²) in [6, 6.07) is 9.39. The largest absolute Gasteiger partial charge is 0.482 e. The van der Waals surface area contributed by atoms with Gasteiger partial charge >= 0.3 is 5.97 Å². The number of fused-ring (bicyclic) bond motifs is 2. The normalized spacial score (nSPS) is 13.7. The van der Waals surface area contributed by atoms with Crippen molar-refractivity contribution in [2.75, 3.05) is 14.2 Å². The van der Waals surface area contributed by atoms with Crippen molar-refractivity contribution in [3.8, 4) is 23.1 Å². The van der Waals surface area contributed by atoms with Crippen LogP contribution >= 0.6 is 23.0 Å². The predicted octanol–water partition coefficient (Wildman–Crippen LogP) is 4.59. The highest BCUT2D eigenvalue weighted by Crippen LogP contribution is 2.37. The summed E-state index contributed by atoms with van der Waals surface area (Å²) in [5.74, 6) is 1.32. The fourth-order valence-corrected chi connectivity index (χ4v) is 4.24. The number of methoxy groups -OCH3 is 2. The molecule has 0 amide bonds. The van der Waals surface area contributed by atoms with E-state index in [0.29, 0.717) is 28.9 Å². The van der Waals surface area contributed by atoms with Crippen molar-refractivity contribution >= 4 is 45.7 Å². The molecule has 160 valence electrons. The number of hydrogen-bond acceptors (Lipinski definition) is 6. The number of pyridine rings is 2. The Labute approximate surface area is 192 Å². The first kappa shape index (κ1) is 20.1. The molecule has 8 nitrogen and oxygen atoms in total. The van der Waals surface area contributed by atoms with Crippen molar-refractivity contribution < 1.29 is 17.3 Å². The molecule has 31 heavy (non-hydrogen) atoms. The minimum absolute atomic E-state index is 0.396. The number of carbonyl (C=O) groups is 1. The Bertz CT molecular complexity index is 1320. The van der Waals surface area contributed by atoms with Gasteiger partial charge in [0.05, 0.1) is 31.2 Å². The number of aromatic nitrogens is 4. The maximum Gasteiger partial charge on any atom is 0.338 e. The summed E-state index contributed by atoms with van der Waals surface area (Å²) in [6.45, 7) is 2.88. The Kier molecular flexibility index (Phi) is 4.99. The van der Waals surface area contributed by atoms with Crippen LogP contribution in [0.3, 0.4) is 0 Å². The molecule has 0 atom stereocenters. The second kappa shape index (κ2) is 7.70. The molecular weight excluding hydrogens is 511 g/mol. The lowest BCUT2D eigenvalue weighted by atomic mass is 10.2. The number of aryl methyl sites for hydroxylation is 1. The number of halogens is 1. The third kappa shape index (κ3) is 3.40. The molecular formula is C22H21IN4O4. The lowest BCUT2D eigenvalue weighted by molar-refractivity contribution is 0.0600. The fraction of sp³-hybridized carbons (Fsp3) is 0.318. The number of imidazole rings is 1. The summed E-state index contributed by atoms with van der Waals surface area (Å²) in [5, 5.41) is 1.03. The number of nitrogens with zero attached hydrogens (tertiary/aromatic N) is 4. The van der Waals surface area contributed by atoms with Crippen LogP contribution in [0.25, 0.3) is 28.1 Å². The maximum atomic E-state index is 12.1. The second-order valence-corrected chi connectivity index (χ2v) is 8.18. The average Bonchev–Trinajstić information content (AvgIpc) is 3.47. The molecule has 0 saturated heterocycles. The van der Waals surface area contributed by atoms with Crippen molar-refractivity contribution in [3.63, 3.8) is 0 Å². The predicted molar refractivity (Wildman–Crippen MR) is 124 cm³/mol. The van der Waals surface area contributed by atoms with Crippen LogP contribution in [0.5, 0.6) is 11.8 Å². The lowest BCUT2D eigenvalue weighted by Crippen LogP contribution is -2.05. The zero-order valence-electron chi connectivity index (χ0n) is 17.4. The SMILES string of the molecule is COC(=O)c1cc(OC)n2c(C)c(-c3cc4ccc(OI)nc4n3CC3CC3)nc2c1. The van der Waals surface area contributed by atoms with Crippen LogP contribution in [0.4, 0.5) is 0 Å². The van der Waals surface area contributed by atoms with E-state index in [1.165, 1.54) is 20.0 Å². The maximum absolute atomic E-state index is 12.1. The molecule has 1 aliphatic carbocycles. The minimum Gasteiger partial charge on any atom is -0.482 e. The fourth-order valence-electron chi connectivity index (χ4n) is 4.00. The monoisotopic (exact) mass is 532 g/mol. The molecule has 5 rings (SSSR count). The van der Waals surface area contributed by atoms with Crippen LogP contribution in [0.2, 0.25) is 0 Å². The zero-order valence-corrected chi connectivity index (χ0v) is 19.5. The number of ether oxygens (including phenoxy) is 2. The summed E-state index contributed by atoms with van der Waals surface area (Å²) in [5.41, 5.74) is 4.65. The quantitative estimate of drug-likeness (QED) is 0.267. The van der Waals surface area contributed by atoms with Crippen LogP contribution in [0, 0.1) is 12.8 Å². The van der Waals surface area contributed by atoms with E-state index in [1.54, 1.807) is 19.2 Å². The average molecular weight is 532 g/mol. The first-order valence-electron chi connectivity index (χ1n) is 9.98. The van der Waals surface area contributed by atoms with E-state index in [4.69, 9.17) is 22.5 Å². The van der Waals surface area contributed by atoms with Crippen molar-refractivity contribution in [1.82, 2.24) is 18.9 Å². The van der Waals surface area contributed by atoms with Gasteiger partial charge in [0.15, 0.2) is 28.9 Å². The summed E-state index contributed by atoms with van der Waals surface area (Å²) in [6.07, 6.45) is 2.45. The van der Waals surface area contributed by atoms with E-state index in [2.05, 4.69) is 10.6 Å². The molecule has 4 heterocycles. The highest BCUT2D eigenvalue weighted by molar-refractivity contribution is 14.1. The molecule has 1 fully saturated rings. The van der Waals surface area contributed by atoms with E-state index in [9.17, 15) is 4.79 Å².